The summed E-state index contributed by atoms with van der Waals surface area (Å²) < 4.78 is 5.15. The predicted octanol–water partition coefficient (Wildman–Crippen LogP) is 0.691. The van der Waals surface area contributed by atoms with Gasteiger partial charge in [0.2, 0.25) is 5.91 Å². The van der Waals surface area contributed by atoms with Gasteiger partial charge in [0, 0.05) is 17.5 Å². The number of aliphatic hydroxyl groups is 2. The number of hydrogen-bond donors (Lipinski definition) is 4. The lowest BCUT2D eigenvalue weighted by Crippen LogP contribution is -2.25. The normalized spacial score (nSPS) is 13.6. The highest BCUT2D eigenvalue weighted by Gasteiger charge is 2.17. The third-order valence-corrected chi connectivity index (χ3v) is 3.89. The Kier molecular flexibility index (Phi) is 6.63. The summed E-state index contributed by atoms with van der Waals surface area (Å²) in [5.74, 6) is 0.582. The van der Waals surface area contributed by atoms with Crippen molar-refractivity contribution < 1.29 is 19.7 Å². The minimum atomic E-state index is -0.818. The van der Waals surface area contributed by atoms with Crippen molar-refractivity contribution in [2.45, 2.75) is 18.3 Å². The quantitative estimate of drug-likeness (QED) is 0.552. The van der Waals surface area contributed by atoms with Crippen LogP contribution in [0.15, 0.2) is 18.2 Å². The molecule has 20 heavy (non-hydrogen) atoms. The Morgan fingerprint density at radius 1 is 1.55 bits per heavy atom. The summed E-state index contributed by atoms with van der Waals surface area (Å²) in [6.07, 6.45) is -0.818. The molecular formula is C13H20N2O4S. The average Bonchev–Trinajstić information content (AvgIpc) is 2.45. The number of benzene rings is 1. The Labute approximate surface area is 122 Å². The number of nitrogen functional groups attached to an aromatic ring is 1. The third kappa shape index (κ3) is 4.92. The molecule has 0 fully saturated rings. The monoisotopic (exact) mass is 300 g/mol. The minimum Gasteiger partial charge on any atom is -0.494 e. The van der Waals surface area contributed by atoms with Gasteiger partial charge in [-0.2, -0.15) is 0 Å². The van der Waals surface area contributed by atoms with Crippen molar-refractivity contribution in [3.05, 3.63) is 18.2 Å². The van der Waals surface area contributed by atoms with E-state index in [9.17, 15) is 9.90 Å². The van der Waals surface area contributed by atoms with E-state index < -0.39 is 6.10 Å². The fraction of sp³-hybridized carbons (Fsp3) is 0.462. The van der Waals surface area contributed by atoms with E-state index in [-0.39, 0.29) is 17.8 Å². The molecule has 2 unspecified atom stereocenters. The summed E-state index contributed by atoms with van der Waals surface area (Å²) in [6.45, 7) is 1.42. The molecule has 0 spiro atoms. The molecule has 0 bridgehead atoms. The third-order valence-electron chi connectivity index (χ3n) is 2.60. The second kappa shape index (κ2) is 7.98. The zero-order valence-electron chi connectivity index (χ0n) is 11.5. The van der Waals surface area contributed by atoms with E-state index in [2.05, 4.69) is 5.32 Å². The van der Waals surface area contributed by atoms with E-state index in [1.54, 1.807) is 25.1 Å². The lowest BCUT2D eigenvalue weighted by molar-refractivity contribution is -0.115. The maximum Gasteiger partial charge on any atom is 0.237 e. The molecule has 1 aromatic rings. The highest BCUT2D eigenvalue weighted by Crippen LogP contribution is 2.27. The molecule has 2 atom stereocenters. The molecule has 0 aliphatic carbocycles. The van der Waals surface area contributed by atoms with Crippen LogP contribution >= 0.6 is 11.8 Å². The number of amides is 1. The largest absolute Gasteiger partial charge is 0.494 e. The van der Waals surface area contributed by atoms with E-state index >= 15 is 0 Å². The average molecular weight is 300 g/mol. The highest BCUT2D eigenvalue weighted by atomic mass is 32.2. The standard InChI is InChI=1S/C13H20N2O4S/c1-8(20-7-10(17)6-16)13(18)15-11-4-3-9(14)5-12(11)19-2/h3-5,8,10,16-17H,6-7,14H2,1-2H3,(H,15,18). The first-order chi connectivity index (χ1) is 9.47. The Hall–Kier alpha value is -1.44. The first kappa shape index (κ1) is 16.6. The van der Waals surface area contributed by atoms with Gasteiger partial charge >= 0.3 is 0 Å². The number of hydrogen-bond acceptors (Lipinski definition) is 6. The molecule has 112 valence electrons. The lowest BCUT2D eigenvalue weighted by Gasteiger charge is -2.15. The van der Waals surface area contributed by atoms with Gasteiger partial charge < -0.3 is 26.0 Å². The number of carbonyl (C=O) groups excluding carboxylic acids is 1. The summed E-state index contributed by atoms with van der Waals surface area (Å²) in [6, 6.07) is 4.97. The summed E-state index contributed by atoms with van der Waals surface area (Å²) >= 11 is 1.27. The van der Waals surface area contributed by atoms with Crippen LogP contribution in [-0.4, -0.2) is 46.9 Å². The fourth-order valence-electron chi connectivity index (χ4n) is 1.43. The van der Waals surface area contributed by atoms with Gasteiger partial charge in [0.05, 0.1) is 30.8 Å². The zero-order valence-corrected chi connectivity index (χ0v) is 12.3. The molecule has 1 aromatic carbocycles. The zero-order chi connectivity index (χ0) is 15.1. The number of carbonyl (C=O) groups is 1. The van der Waals surface area contributed by atoms with Gasteiger partial charge in [0.15, 0.2) is 0 Å². The van der Waals surface area contributed by atoms with E-state index in [0.717, 1.165) is 0 Å². The second-order valence-electron chi connectivity index (χ2n) is 4.26. The summed E-state index contributed by atoms with van der Waals surface area (Å²) in [4.78, 5) is 12.0. The Bertz CT molecular complexity index is 456. The van der Waals surface area contributed by atoms with Crippen LogP contribution in [-0.2, 0) is 4.79 Å². The summed E-state index contributed by atoms with van der Waals surface area (Å²) in [7, 11) is 1.50. The minimum absolute atomic E-state index is 0.205. The molecule has 0 heterocycles. The maximum absolute atomic E-state index is 12.0. The number of ether oxygens (including phenoxy) is 1. The SMILES string of the molecule is COc1cc(N)ccc1NC(=O)C(C)SCC(O)CO. The molecule has 7 heteroatoms. The van der Waals surface area contributed by atoms with Crippen molar-refractivity contribution in [3.63, 3.8) is 0 Å². The van der Waals surface area contributed by atoms with Gasteiger partial charge in [-0.15, -0.1) is 11.8 Å². The topological polar surface area (TPSA) is 105 Å². The number of methoxy groups -OCH3 is 1. The van der Waals surface area contributed by atoms with Crippen molar-refractivity contribution >= 4 is 29.0 Å². The van der Waals surface area contributed by atoms with Gasteiger partial charge in [-0.3, -0.25) is 4.79 Å². The summed E-state index contributed by atoms with van der Waals surface area (Å²) in [5, 5.41) is 20.4. The van der Waals surface area contributed by atoms with Crippen molar-refractivity contribution in [2.75, 3.05) is 30.5 Å². The Morgan fingerprint density at radius 2 is 2.25 bits per heavy atom. The first-order valence-electron chi connectivity index (χ1n) is 6.12. The van der Waals surface area contributed by atoms with Crippen molar-refractivity contribution in [1.29, 1.82) is 0 Å². The van der Waals surface area contributed by atoms with Crippen LogP contribution in [0, 0.1) is 0 Å². The van der Waals surface area contributed by atoms with Crippen molar-refractivity contribution in [1.82, 2.24) is 0 Å². The molecule has 0 saturated carbocycles. The second-order valence-corrected chi connectivity index (χ2v) is 5.63. The number of nitrogens with two attached hydrogens (primary N) is 1. The van der Waals surface area contributed by atoms with E-state index in [1.165, 1.54) is 18.9 Å². The van der Waals surface area contributed by atoms with E-state index in [1.807, 2.05) is 0 Å². The number of aliphatic hydroxyl groups excluding tert-OH is 2. The first-order valence-corrected chi connectivity index (χ1v) is 7.17. The molecule has 0 radical (unpaired) electrons. The van der Waals surface area contributed by atoms with Crippen LogP contribution in [0.3, 0.4) is 0 Å². The van der Waals surface area contributed by atoms with Gasteiger partial charge in [-0.1, -0.05) is 0 Å². The number of rotatable bonds is 7. The van der Waals surface area contributed by atoms with E-state index in [4.69, 9.17) is 15.6 Å². The Balaban J connectivity index is 2.61. The van der Waals surface area contributed by atoms with Gasteiger partial charge in [0.1, 0.15) is 5.75 Å². The van der Waals surface area contributed by atoms with Crippen LogP contribution in [0.5, 0.6) is 5.75 Å². The van der Waals surface area contributed by atoms with Crippen LogP contribution in [0.1, 0.15) is 6.92 Å². The van der Waals surface area contributed by atoms with Crippen LogP contribution in [0.25, 0.3) is 0 Å². The molecule has 6 nitrogen and oxygen atoms in total. The van der Waals surface area contributed by atoms with Gasteiger partial charge in [-0.05, 0) is 19.1 Å². The molecular weight excluding hydrogens is 280 g/mol. The smallest absolute Gasteiger partial charge is 0.237 e. The van der Waals surface area contributed by atoms with Crippen molar-refractivity contribution in [3.8, 4) is 5.75 Å². The Morgan fingerprint density at radius 3 is 2.85 bits per heavy atom. The van der Waals surface area contributed by atoms with Crippen LogP contribution < -0.4 is 15.8 Å². The molecule has 0 saturated heterocycles. The maximum atomic E-state index is 12.0. The van der Waals surface area contributed by atoms with Crippen molar-refractivity contribution in [2.24, 2.45) is 0 Å². The number of nitrogens with one attached hydrogen (secondary N) is 1. The van der Waals surface area contributed by atoms with Gasteiger partial charge in [0.25, 0.3) is 0 Å². The molecule has 0 aliphatic rings. The highest BCUT2D eigenvalue weighted by molar-refractivity contribution is 8.00. The van der Waals surface area contributed by atoms with Crippen LogP contribution in [0.4, 0.5) is 11.4 Å². The molecule has 0 aliphatic heterocycles. The molecule has 1 amide bonds. The molecule has 5 N–H and O–H groups in total. The molecule has 0 aromatic heterocycles. The fourth-order valence-corrected chi connectivity index (χ4v) is 2.26. The molecule has 1 rings (SSSR count). The van der Waals surface area contributed by atoms with Crippen LogP contribution in [0.2, 0.25) is 0 Å². The van der Waals surface area contributed by atoms with Gasteiger partial charge in [-0.25, -0.2) is 0 Å². The van der Waals surface area contributed by atoms with E-state index in [0.29, 0.717) is 22.9 Å². The number of thioether (sulfide) groups is 1. The predicted molar refractivity (Wildman–Crippen MR) is 81.0 cm³/mol. The summed E-state index contributed by atoms with van der Waals surface area (Å²) in [5.41, 5.74) is 6.73. The lowest BCUT2D eigenvalue weighted by atomic mass is 10.2. The number of anilines is 2.